The van der Waals surface area contributed by atoms with Crippen molar-refractivity contribution >= 4 is 10.9 Å². The molecule has 5 atom stereocenters. The molecule has 0 radical (unpaired) electrons. The molecular formula is C30H30FOS+. The van der Waals surface area contributed by atoms with E-state index in [0.29, 0.717) is 17.6 Å². The molecule has 0 N–H and O–H groups in total. The average Bonchev–Trinajstić information content (AvgIpc) is 3.56. The Bertz CT molecular complexity index is 1110. The highest BCUT2D eigenvalue weighted by Gasteiger charge is 2.61. The average molecular weight is 458 g/mol. The predicted molar refractivity (Wildman–Crippen MR) is 132 cm³/mol. The molecule has 0 spiro atoms. The number of ether oxygens (including phenoxy) is 1. The fourth-order valence-electron chi connectivity index (χ4n) is 6.95. The second-order valence-corrected chi connectivity index (χ2v) is 11.9. The van der Waals surface area contributed by atoms with Crippen LogP contribution < -0.4 is 4.74 Å². The SMILES string of the molecule is C=CC1(Oc2ccc([S+](c3ccccc3)c3ccccc3)cc2F)CC2CC1C1CCCC21. The molecule has 168 valence electrons. The van der Waals surface area contributed by atoms with Crippen LogP contribution in [0.1, 0.15) is 32.1 Å². The van der Waals surface area contributed by atoms with E-state index in [0.717, 1.165) is 23.2 Å². The van der Waals surface area contributed by atoms with Gasteiger partial charge in [0.2, 0.25) is 0 Å². The largest absolute Gasteiger partial charge is 0.480 e. The van der Waals surface area contributed by atoms with E-state index >= 15 is 4.39 Å². The highest BCUT2D eigenvalue weighted by Crippen LogP contribution is 2.63. The van der Waals surface area contributed by atoms with Crippen molar-refractivity contribution in [3.8, 4) is 5.75 Å². The van der Waals surface area contributed by atoms with Gasteiger partial charge in [0.05, 0.1) is 10.9 Å². The van der Waals surface area contributed by atoms with Gasteiger partial charge in [0, 0.05) is 12.0 Å². The van der Waals surface area contributed by atoms with Crippen molar-refractivity contribution in [1.82, 2.24) is 0 Å². The molecule has 3 saturated carbocycles. The quantitative estimate of drug-likeness (QED) is 0.272. The van der Waals surface area contributed by atoms with E-state index < -0.39 is 5.60 Å². The third-order valence-corrected chi connectivity index (χ3v) is 10.5. The molecule has 3 aromatic rings. The molecule has 6 rings (SSSR count). The Morgan fingerprint density at radius 1 is 0.879 bits per heavy atom. The maximum Gasteiger partial charge on any atom is 0.170 e. The van der Waals surface area contributed by atoms with Crippen LogP contribution in [0.5, 0.6) is 5.75 Å². The van der Waals surface area contributed by atoms with Crippen LogP contribution in [-0.2, 0) is 10.9 Å². The van der Waals surface area contributed by atoms with Gasteiger partial charge in [-0.2, -0.15) is 0 Å². The van der Waals surface area contributed by atoms with E-state index in [1.807, 2.05) is 54.6 Å². The van der Waals surface area contributed by atoms with Crippen LogP contribution in [-0.4, -0.2) is 5.60 Å². The maximum atomic E-state index is 15.6. The molecule has 0 saturated heterocycles. The zero-order valence-corrected chi connectivity index (χ0v) is 19.6. The van der Waals surface area contributed by atoms with Crippen LogP contribution in [0, 0.1) is 29.5 Å². The van der Waals surface area contributed by atoms with Crippen LogP contribution in [0.4, 0.5) is 4.39 Å². The van der Waals surface area contributed by atoms with Gasteiger partial charge in [-0.05, 0) is 85.9 Å². The van der Waals surface area contributed by atoms with Crippen molar-refractivity contribution < 1.29 is 9.13 Å². The van der Waals surface area contributed by atoms with Crippen molar-refractivity contribution in [2.24, 2.45) is 23.7 Å². The molecular weight excluding hydrogens is 427 g/mol. The van der Waals surface area contributed by atoms with E-state index in [4.69, 9.17) is 4.74 Å². The van der Waals surface area contributed by atoms with E-state index in [-0.39, 0.29) is 16.7 Å². The number of fused-ring (bicyclic) bond motifs is 5. The molecule has 3 fully saturated rings. The molecule has 3 aromatic carbocycles. The summed E-state index contributed by atoms with van der Waals surface area (Å²) < 4.78 is 22.1. The fraction of sp³-hybridized carbons (Fsp3) is 0.333. The van der Waals surface area contributed by atoms with E-state index in [1.54, 1.807) is 6.07 Å². The summed E-state index contributed by atoms with van der Waals surface area (Å²) in [6.45, 7) is 4.15. The van der Waals surface area contributed by atoms with Gasteiger partial charge in [0.1, 0.15) is 5.60 Å². The molecule has 0 aromatic heterocycles. The van der Waals surface area contributed by atoms with Gasteiger partial charge in [-0.15, -0.1) is 0 Å². The van der Waals surface area contributed by atoms with Gasteiger partial charge in [-0.3, -0.25) is 0 Å². The maximum absolute atomic E-state index is 15.6. The monoisotopic (exact) mass is 457 g/mol. The lowest BCUT2D eigenvalue weighted by Gasteiger charge is -2.41. The molecule has 3 heteroatoms. The highest BCUT2D eigenvalue weighted by atomic mass is 32.2. The molecule has 33 heavy (non-hydrogen) atoms. The Morgan fingerprint density at radius 2 is 1.55 bits per heavy atom. The minimum Gasteiger partial charge on any atom is -0.480 e. The van der Waals surface area contributed by atoms with Crippen LogP contribution >= 0.6 is 0 Å². The minimum atomic E-state index is -0.418. The Labute approximate surface area is 199 Å². The smallest absolute Gasteiger partial charge is 0.170 e. The third kappa shape index (κ3) is 3.52. The van der Waals surface area contributed by atoms with Crippen LogP contribution in [0.3, 0.4) is 0 Å². The molecule has 3 aliphatic carbocycles. The fourth-order valence-corrected chi connectivity index (χ4v) is 9.05. The topological polar surface area (TPSA) is 9.23 Å². The molecule has 2 bridgehead atoms. The Balaban J connectivity index is 1.32. The lowest BCUT2D eigenvalue weighted by atomic mass is 9.73. The van der Waals surface area contributed by atoms with E-state index in [2.05, 4.69) is 30.8 Å². The van der Waals surface area contributed by atoms with Gasteiger partial charge in [0.15, 0.2) is 26.3 Å². The van der Waals surface area contributed by atoms with Crippen LogP contribution in [0.25, 0.3) is 0 Å². The van der Waals surface area contributed by atoms with Gasteiger partial charge in [-0.1, -0.05) is 49.4 Å². The molecule has 0 amide bonds. The van der Waals surface area contributed by atoms with Gasteiger partial charge in [0.25, 0.3) is 0 Å². The van der Waals surface area contributed by atoms with Crippen molar-refractivity contribution in [2.45, 2.75) is 52.4 Å². The molecule has 0 aliphatic heterocycles. The first-order chi connectivity index (χ1) is 16.2. The second kappa shape index (κ2) is 8.36. The number of hydrogen-bond donors (Lipinski definition) is 0. The summed E-state index contributed by atoms with van der Waals surface area (Å²) in [6.07, 6.45) is 8.18. The molecule has 1 nitrogen and oxygen atoms in total. The second-order valence-electron chi connectivity index (χ2n) is 9.85. The number of hydrogen-bond acceptors (Lipinski definition) is 1. The summed E-state index contributed by atoms with van der Waals surface area (Å²) >= 11 is 0. The summed E-state index contributed by atoms with van der Waals surface area (Å²) in [5.41, 5.74) is -0.418. The van der Waals surface area contributed by atoms with Crippen molar-refractivity contribution in [3.05, 3.63) is 97.3 Å². The lowest BCUT2D eigenvalue weighted by Crippen LogP contribution is -2.44. The first-order valence-corrected chi connectivity index (χ1v) is 13.4. The third-order valence-electron chi connectivity index (χ3n) is 8.26. The molecule has 0 heterocycles. The standard InChI is InChI=1S/C30H30FOS/c1-2-30(20-21-18-27(30)26-15-9-14-25(21)26)32-29-17-16-24(19-28(29)31)33(22-10-5-3-6-11-22)23-12-7-4-8-13-23/h2-8,10-13,16-17,19,21,25-27H,1,9,14-15,18,20H2/q+1. The van der Waals surface area contributed by atoms with Crippen molar-refractivity contribution in [3.63, 3.8) is 0 Å². The number of halogens is 1. The summed E-state index contributed by atoms with van der Waals surface area (Å²) in [7, 11) is -0.370. The molecule has 3 aliphatic rings. The Hall–Kier alpha value is -2.52. The van der Waals surface area contributed by atoms with E-state index in [1.165, 1.54) is 35.5 Å². The predicted octanol–water partition coefficient (Wildman–Crippen LogP) is 7.68. The zero-order valence-electron chi connectivity index (χ0n) is 18.8. The summed E-state index contributed by atoms with van der Waals surface area (Å²) in [6, 6.07) is 26.3. The number of benzene rings is 3. The Morgan fingerprint density at radius 3 is 2.18 bits per heavy atom. The van der Waals surface area contributed by atoms with Crippen molar-refractivity contribution in [1.29, 1.82) is 0 Å². The molecule has 5 unspecified atom stereocenters. The van der Waals surface area contributed by atoms with Crippen LogP contribution in [0.2, 0.25) is 0 Å². The van der Waals surface area contributed by atoms with E-state index in [9.17, 15) is 0 Å². The Kier molecular flexibility index (Phi) is 5.33. The minimum absolute atomic E-state index is 0.274. The summed E-state index contributed by atoms with van der Waals surface area (Å²) in [5, 5.41) is 0. The summed E-state index contributed by atoms with van der Waals surface area (Å²) in [5.74, 6) is 2.87. The first-order valence-electron chi connectivity index (χ1n) is 12.1. The summed E-state index contributed by atoms with van der Waals surface area (Å²) in [4.78, 5) is 3.33. The zero-order chi connectivity index (χ0) is 22.4. The van der Waals surface area contributed by atoms with Crippen LogP contribution in [0.15, 0.2) is 106 Å². The van der Waals surface area contributed by atoms with Crippen molar-refractivity contribution in [2.75, 3.05) is 0 Å². The van der Waals surface area contributed by atoms with Gasteiger partial charge < -0.3 is 4.74 Å². The highest BCUT2D eigenvalue weighted by molar-refractivity contribution is 7.97. The normalized spacial score (nSPS) is 29.9. The first kappa shape index (κ1) is 21.0. The number of rotatable bonds is 6. The van der Waals surface area contributed by atoms with Gasteiger partial charge >= 0.3 is 0 Å². The lowest BCUT2D eigenvalue weighted by molar-refractivity contribution is 0.0152. The van der Waals surface area contributed by atoms with Gasteiger partial charge in [-0.25, -0.2) is 4.39 Å².